The molecule has 4 fully saturated rings. The van der Waals surface area contributed by atoms with Crippen LogP contribution in [0.3, 0.4) is 0 Å². The van der Waals surface area contributed by atoms with Crippen molar-refractivity contribution < 1.29 is 9.53 Å². The van der Waals surface area contributed by atoms with Gasteiger partial charge in [-0.3, -0.25) is 4.79 Å². The van der Waals surface area contributed by atoms with E-state index in [1.54, 1.807) is 0 Å². The molecule has 1 heterocycles. The third-order valence-corrected chi connectivity index (χ3v) is 4.49. The highest BCUT2D eigenvalue weighted by Gasteiger charge is 2.66. The van der Waals surface area contributed by atoms with E-state index in [9.17, 15) is 4.79 Å². The first-order valence-electron chi connectivity index (χ1n) is 5.03. The minimum atomic E-state index is 0.455. The van der Waals surface area contributed by atoms with Gasteiger partial charge in [-0.25, -0.2) is 0 Å². The van der Waals surface area contributed by atoms with Crippen LogP contribution in [0, 0.1) is 23.7 Å². The quantitative estimate of drug-likeness (QED) is 0.500. The van der Waals surface area contributed by atoms with Crippen LogP contribution >= 0.6 is 0 Å². The monoisotopic (exact) mass is 164 g/mol. The first kappa shape index (κ1) is 6.14. The van der Waals surface area contributed by atoms with Gasteiger partial charge in [0.05, 0.1) is 12.2 Å². The molecule has 1 aliphatic heterocycles. The van der Waals surface area contributed by atoms with E-state index in [0.717, 1.165) is 18.3 Å². The highest BCUT2D eigenvalue weighted by molar-refractivity contribution is 5.85. The Bertz CT molecular complexity index is 273. The molecule has 3 saturated carbocycles. The Hall–Kier alpha value is -0.370. The molecule has 6 atom stereocenters. The third kappa shape index (κ3) is 0.506. The van der Waals surface area contributed by atoms with Gasteiger partial charge in [-0.05, 0) is 30.6 Å². The van der Waals surface area contributed by atoms with E-state index in [4.69, 9.17) is 4.74 Å². The molecule has 2 heteroatoms. The largest absolute Gasteiger partial charge is 0.369 e. The summed E-state index contributed by atoms with van der Waals surface area (Å²) >= 11 is 0. The molecule has 0 radical (unpaired) electrons. The molecule has 0 N–H and O–H groups in total. The Morgan fingerprint density at radius 3 is 3.17 bits per heavy atom. The highest BCUT2D eigenvalue weighted by atomic mass is 16.6. The van der Waals surface area contributed by atoms with Crippen molar-refractivity contribution in [3.8, 4) is 0 Å². The van der Waals surface area contributed by atoms with Crippen LogP contribution in [0.25, 0.3) is 0 Å². The minimum absolute atomic E-state index is 0.455. The molecular formula is C10H12O2. The normalized spacial score (nSPS) is 65.2. The molecule has 0 unspecified atom stereocenters. The highest BCUT2D eigenvalue weighted by Crippen LogP contribution is 2.63. The van der Waals surface area contributed by atoms with E-state index in [2.05, 4.69) is 0 Å². The zero-order valence-corrected chi connectivity index (χ0v) is 6.90. The maximum atomic E-state index is 11.5. The average molecular weight is 164 g/mol. The number of carbonyl (C=O) groups excluding carboxylic acids is 1. The van der Waals surface area contributed by atoms with Gasteiger partial charge >= 0.3 is 0 Å². The summed E-state index contributed by atoms with van der Waals surface area (Å²) in [6, 6.07) is 0. The molecule has 0 aromatic carbocycles. The Balaban J connectivity index is 1.77. The van der Waals surface area contributed by atoms with Gasteiger partial charge in [-0.1, -0.05) is 0 Å². The zero-order chi connectivity index (χ0) is 7.87. The second-order valence-corrected chi connectivity index (χ2v) is 4.89. The van der Waals surface area contributed by atoms with E-state index in [1.807, 2.05) is 0 Å². The number of ketones is 1. The van der Waals surface area contributed by atoms with Gasteiger partial charge in [0.15, 0.2) is 0 Å². The molecule has 64 valence electrons. The lowest BCUT2D eigenvalue weighted by atomic mass is 9.80. The smallest absolute Gasteiger partial charge is 0.136 e. The molecule has 4 aliphatic rings. The SMILES string of the molecule is O=C1C[C@H]2C[C@@H]1[C@@H]1C[C@H]3O[C@H]3[C@H]21. The summed E-state index contributed by atoms with van der Waals surface area (Å²) in [7, 11) is 0. The number of carbonyl (C=O) groups is 1. The Morgan fingerprint density at radius 2 is 2.25 bits per heavy atom. The van der Waals surface area contributed by atoms with Crippen LogP contribution in [0.4, 0.5) is 0 Å². The standard InChI is InChI=1S/C10H12O2/c11-7-2-4-1-5(7)6-3-8-10(12-8)9(4)6/h4-6,8-10H,1-3H2/t4-,5-,6+,8-,9-,10-/m1/s1. The van der Waals surface area contributed by atoms with Crippen molar-refractivity contribution in [1.29, 1.82) is 0 Å². The molecule has 2 bridgehead atoms. The number of epoxide rings is 1. The summed E-state index contributed by atoms with van der Waals surface area (Å²) in [5.74, 6) is 3.25. The number of hydrogen-bond acceptors (Lipinski definition) is 2. The number of rotatable bonds is 0. The summed E-state index contributed by atoms with van der Waals surface area (Å²) in [5, 5.41) is 0. The predicted molar refractivity (Wildman–Crippen MR) is 41.5 cm³/mol. The first-order chi connectivity index (χ1) is 5.84. The summed E-state index contributed by atoms with van der Waals surface area (Å²) in [6.45, 7) is 0. The van der Waals surface area contributed by atoms with Crippen molar-refractivity contribution >= 4 is 5.78 Å². The van der Waals surface area contributed by atoms with Crippen molar-refractivity contribution in [2.45, 2.75) is 31.5 Å². The molecule has 12 heavy (non-hydrogen) atoms. The van der Waals surface area contributed by atoms with Crippen molar-refractivity contribution in [2.75, 3.05) is 0 Å². The second kappa shape index (κ2) is 1.63. The number of hydrogen-bond donors (Lipinski definition) is 0. The summed E-state index contributed by atoms with van der Waals surface area (Å²) in [6.07, 6.45) is 4.41. The molecule has 1 saturated heterocycles. The van der Waals surface area contributed by atoms with Crippen LogP contribution in [-0.4, -0.2) is 18.0 Å². The second-order valence-electron chi connectivity index (χ2n) is 4.89. The van der Waals surface area contributed by atoms with Crippen molar-refractivity contribution in [2.24, 2.45) is 23.7 Å². The maximum Gasteiger partial charge on any atom is 0.136 e. The Labute approximate surface area is 71.3 Å². The van der Waals surface area contributed by atoms with Crippen LogP contribution in [0.1, 0.15) is 19.3 Å². The third-order valence-electron chi connectivity index (χ3n) is 4.49. The van der Waals surface area contributed by atoms with Gasteiger partial charge in [0.25, 0.3) is 0 Å². The molecule has 0 aromatic rings. The summed E-state index contributed by atoms with van der Waals surface area (Å²) < 4.78 is 5.54. The van der Waals surface area contributed by atoms with E-state index < -0.39 is 0 Å². The van der Waals surface area contributed by atoms with Gasteiger partial charge in [0.2, 0.25) is 0 Å². The zero-order valence-electron chi connectivity index (χ0n) is 6.90. The van der Waals surface area contributed by atoms with Crippen LogP contribution in [-0.2, 0) is 9.53 Å². The molecule has 2 nitrogen and oxygen atoms in total. The maximum absolute atomic E-state index is 11.5. The fourth-order valence-electron chi connectivity index (χ4n) is 4.06. The lowest BCUT2D eigenvalue weighted by Gasteiger charge is -2.24. The number of fused-ring (bicyclic) bond motifs is 7. The summed E-state index contributed by atoms with van der Waals surface area (Å²) in [4.78, 5) is 11.5. The van der Waals surface area contributed by atoms with Crippen molar-refractivity contribution in [3.63, 3.8) is 0 Å². The first-order valence-corrected chi connectivity index (χ1v) is 5.03. The molecule has 4 rings (SSSR count). The topological polar surface area (TPSA) is 29.6 Å². The van der Waals surface area contributed by atoms with Gasteiger partial charge in [0, 0.05) is 12.3 Å². The fraction of sp³-hybridized carbons (Fsp3) is 0.900. The lowest BCUT2D eigenvalue weighted by molar-refractivity contribution is -0.124. The van der Waals surface area contributed by atoms with Crippen LogP contribution in [0.15, 0.2) is 0 Å². The Morgan fingerprint density at radius 1 is 1.33 bits per heavy atom. The van der Waals surface area contributed by atoms with E-state index in [1.165, 1.54) is 12.8 Å². The van der Waals surface area contributed by atoms with E-state index >= 15 is 0 Å². The van der Waals surface area contributed by atoms with Crippen LogP contribution in [0.2, 0.25) is 0 Å². The summed E-state index contributed by atoms with van der Waals surface area (Å²) in [5.41, 5.74) is 0. The molecule has 0 spiro atoms. The van der Waals surface area contributed by atoms with Gasteiger partial charge in [0.1, 0.15) is 5.78 Å². The molecular weight excluding hydrogens is 152 g/mol. The van der Waals surface area contributed by atoms with Gasteiger partial charge < -0.3 is 4.74 Å². The number of ether oxygens (including phenoxy) is 1. The molecule has 0 aromatic heterocycles. The van der Waals surface area contributed by atoms with Crippen molar-refractivity contribution in [3.05, 3.63) is 0 Å². The average Bonchev–Trinajstić information content (AvgIpc) is 2.43. The van der Waals surface area contributed by atoms with Crippen molar-refractivity contribution in [1.82, 2.24) is 0 Å². The van der Waals surface area contributed by atoms with Crippen LogP contribution in [0.5, 0.6) is 0 Å². The fourth-order valence-corrected chi connectivity index (χ4v) is 4.06. The minimum Gasteiger partial charge on any atom is -0.369 e. The number of Topliss-reactive ketones (excluding diaryl/α,β-unsaturated/α-hetero) is 1. The van der Waals surface area contributed by atoms with E-state index in [-0.39, 0.29) is 0 Å². The molecule has 3 aliphatic carbocycles. The van der Waals surface area contributed by atoms with Gasteiger partial charge in [-0.2, -0.15) is 0 Å². The van der Waals surface area contributed by atoms with Crippen LogP contribution < -0.4 is 0 Å². The van der Waals surface area contributed by atoms with Gasteiger partial charge in [-0.15, -0.1) is 0 Å². The lowest BCUT2D eigenvalue weighted by Crippen LogP contribution is -2.27. The van der Waals surface area contributed by atoms with E-state index in [0.29, 0.717) is 29.8 Å². The predicted octanol–water partition coefficient (Wildman–Crippen LogP) is 0.999. The molecule has 0 amide bonds. The Kier molecular flexibility index (Phi) is 0.831.